The molecule has 0 amide bonds. The Morgan fingerprint density at radius 3 is 2.58 bits per heavy atom. The lowest BCUT2D eigenvalue weighted by Gasteiger charge is -2.29. The van der Waals surface area contributed by atoms with Gasteiger partial charge in [0.25, 0.3) is 0 Å². The number of benzene rings is 1. The SMILES string of the molecule is O=S(=O)(/C=C/c1ccccc1)N1CCC[C@@H](c2nnc(C(F)(F)F)o2)C1. The van der Waals surface area contributed by atoms with Crippen molar-refractivity contribution in [2.24, 2.45) is 0 Å². The van der Waals surface area contributed by atoms with Crippen LogP contribution in [0.15, 0.2) is 40.2 Å². The molecule has 0 bridgehead atoms. The number of aromatic nitrogens is 2. The first-order valence-electron chi connectivity index (χ1n) is 7.89. The Morgan fingerprint density at radius 1 is 1.19 bits per heavy atom. The first-order valence-corrected chi connectivity index (χ1v) is 9.40. The van der Waals surface area contributed by atoms with Crippen LogP contribution >= 0.6 is 0 Å². The Hall–Kier alpha value is -2.20. The van der Waals surface area contributed by atoms with Gasteiger partial charge in [-0.15, -0.1) is 10.2 Å². The number of piperidine rings is 1. The van der Waals surface area contributed by atoms with E-state index in [2.05, 4.69) is 10.2 Å². The standard InChI is InChI=1S/C16H16F3N3O3S/c17-16(18,19)15-21-20-14(25-15)13-7-4-9-22(11-13)26(23,24)10-8-12-5-2-1-3-6-12/h1-3,5-6,8,10,13H,4,7,9,11H2/b10-8+/t13-/m1/s1. The molecule has 0 saturated carbocycles. The van der Waals surface area contributed by atoms with Crippen molar-refractivity contribution in [2.45, 2.75) is 24.9 Å². The molecule has 10 heteroatoms. The van der Waals surface area contributed by atoms with Crippen LogP contribution in [0.2, 0.25) is 0 Å². The monoisotopic (exact) mass is 387 g/mol. The van der Waals surface area contributed by atoms with E-state index in [1.807, 2.05) is 6.07 Å². The van der Waals surface area contributed by atoms with Gasteiger partial charge in [0, 0.05) is 18.5 Å². The van der Waals surface area contributed by atoms with E-state index in [0.717, 1.165) is 11.0 Å². The Bertz CT molecular complexity index is 879. The maximum absolute atomic E-state index is 12.6. The van der Waals surface area contributed by atoms with Crippen molar-refractivity contribution >= 4 is 16.1 Å². The zero-order chi connectivity index (χ0) is 18.8. The van der Waals surface area contributed by atoms with Gasteiger partial charge in [-0.2, -0.15) is 17.5 Å². The van der Waals surface area contributed by atoms with Crippen molar-refractivity contribution in [1.29, 1.82) is 0 Å². The van der Waals surface area contributed by atoms with Crippen molar-refractivity contribution in [3.05, 3.63) is 53.1 Å². The van der Waals surface area contributed by atoms with E-state index in [1.165, 1.54) is 10.4 Å². The van der Waals surface area contributed by atoms with Crippen LogP contribution in [0.4, 0.5) is 13.2 Å². The third-order valence-electron chi connectivity index (χ3n) is 4.01. The molecule has 2 aromatic rings. The minimum absolute atomic E-state index is 0.000946. The molecule has 0 spiro atoms. The number of halogens is 3. The van der Waals surface area contributed by atoms with Crippen LogP contribution in [0.3, 0.4) is 0 Å². The highest BCUT2D eigenvalue weighted by Crippen LogP contribution is 2.32. The molecule has 3 rings (SSSR count). The summed E-state index contributed by atoms with van der Waals surface area (Å²) in [7, 11) is -3.70. The average molecular weight is 387 g/mol. The molecule has 0 aliphatic carbocycles. The highest BCUT2D eigenvalue weighted by Gasteiger charge is 2.39. The van der Waals surface area contributed by atoms with Gasteiger partial charge in [0.2, 0.25) is 15.9 Å². The molecule has 0 unspecified atom stereocenters. The number of alkyl halides is 3. The van der Waals surface area contributed by atoms with Crippen LogP contribution in [0.5, 0.6) is 0 Å². The molecule has 2 heterocycles. The molecule has 1 aromatic carbocycles. The quantitative estimate of drug-likeness (QED) is 0.805. The molecule has 6 nitrogen and oxygen atoms in total. The van der Waals surface area contributed by atoms with Crippen LogP contribution < -0.4 is 0 Å². The smallest absolute Gasteiger partial charge is 0.417 e. The Labute approximate surface area is 148 Å². The maximum atomic E-state index is 12.6. The fourth-order valence-electron chi connectivity index (χ4n) is 2.70. The number of sulfonamides is 1. The molecule has 0 radical (unpaired) electrons. The average Bonchev–Trinajstić information content (AvgIpc) is 3.12. The summed E-state index contributed by atoms with van der Waals surface area (Å²) in [4.78, 5) is 0. The molecule has 1 aliphatic heterocycles. The van der Waals surface area contributed by atoms with Gasteiger partial charge >= 0.3 is 12.1 Å². The lowest BCUT2D eigenvalue weighted by molar-refractivity contribution is -0.157. The molecule has 1 aliphatic rings. The van der Waals surface area contributed by atoms with E-state index in [-0.39, 0.29) is 19.0 Å². The second kappa shape index (κ2) is 7.20. The van der Waals surface area contributed by atoms with E-state index in [4.69, 9.17) is 4.42 Å². The van der Waals surface area contributed by atoms with Crippen molar-refractivity contribution < 1.29 is 26.0 Å². The van der Waals surface area contributed by atoms with Crippen molar-refractivity contribution in [1.82, 2.24) is 14.5 Å². The first kappa shape index (κ1) is 18.6. The van der Waals surface area contributed by atoms with Gasteiger partial charge in [0.05, 0.1) is 5.92 Å². The van der Waals surface area contributed by atoms with Crippen molar-refractivity contribution in [3.63, 3.8) is 0 Å². The first-order chi connectivity index (χ1) is 12.3. The molecule has 1 saturated heterocycles. The number of nitrogens with zero attached hydrogens (tertiary/aromatic N) is 3. The minimum Gasteiger partial charge on any atom is -0.417 e. The molecular weight excluding hydrogens is 371 g/mol. The number of hydrogen-bond donors (Lipinski definition) is 0. The molecule has 0 N–H and O–H groups in total. The van der Waals surface area contributed by atoms with Crippen LogP contribution in [-0.4, -0.2) is 36.0 Å². The van der Waals surface area contributed by atoms with Gasteiger partial charge in [0.15, 0.2) is 0 Å². The lowest BCUT2D eigenvalue weighted by Crippen LogP contribution is -2.38. The maximum Gasteiger partial charge on any atom is 0.470 e. The van der Waals surface area contributed by atoms with E-state index < -0.39 is 28.0 Å². The largest absolute Gasteiger partial charge is 0.470 e. The van der Waals surface area contributed by atoms with E-state index in [9.17, 15) is 21.6 Å². The summed E-state index contributed by atoms with van der Waals surface area (Å²) in [5.74, 6) is -2.17. The highest BCUT2D eigenvalue weighted by atomic mass is 32.2. The highest BCUT2D eigenvalue weighted by molar-refractivity contribution is 7.92. The fraction of sp³-hybridized carbons (Fsp3) is 0.375. The summed E-state index contributed by atoms with van der Waals surface area (Å²) < 4.78 is 68.6. The Morgan fingerprint density at radius 2 is 1.92 bits per heavy atom. The predicted octanol–water partition coefficient (Wildman–Crippen LogP) is 3.27. The van der Waals surface area contributed by atoms with Gasteiger partial charge in [-0.25, -0.2) is 8.42 Å². The minimum atomic E-state index is -4.72. The molecule has 1 atom stereocenters. The Kier molecular flexibility index (Phi) is 5.15. The topological polar surface area (TPSA) is 76.3 Å². The van der Waals surface area contributed by atoms with Gasteiger partial charge in [-0.1, -0.05) is 30.3 Å². The summed E-state index contributed by atoms with van der Waals surface area (Å²) in [6, 6.07) is 8.93. The van der Waals surface area contributed by atoms with Gasteiger partial charge in [-0.05, 0) is 24.5 Å². The van der Waals surface area contributed by atoms with E-state index in [0.29, 0.717) is 12.8 Å². The lowest BCUT2D eigenvalue weighted by atomic mass is 10.00. The van der Waals surface area contributed by atoms with Crippen LogP contribution in [-0.2, 0) is 16.2 Å². The summed E-state index contributed by atoms with van der Waals surface area (Å²) in [6.45, 7) is 0.291. The molecule has 26 heavy (non-hydrogen) atoms. The summed E-state index contributed by atoms with van der Waals surface area (Å²) in [5.41, 5.74) is 0.733. The van der Waals surface area contributed by atoms with Gasteiger partial charge in [-0.3, -0.25) is 0 Å². The summed E-state index contributed by atoms with van der Waals surface area (Å²) >= 11 is 0. The van der Waals surface area contributed by atoms with E-state index in [1.54, 1.807) is 24.3 Å². The Balaban J connectivity index is 1.73. The van der Waals surface area contributed by atoms with E-state index >= 15 is 0 Å². The zero-order valence-electron chi connectivity index (χ0n) is 13.6. The number of hydrogen-bond acceptors (Lipinski definition) is 5. The second-order valence-electron chi connectivity index (χ2n) is 5.90. The van der Waals surface area contributed by atoms with Crippen LogP contribution in [0.1, 0.15) is 36.1 Å². The third-order valence-corrected chi connectivity index (χ3v) is 5.54. The molecule has 140 valence electrons. The van der Waals surface area contributed by atoms with Crippen molar-refractivity contribution in [3.8, 4) is 0 Å². The van der Waals surface area contributed by atoms with Crippen molar-refractivity contribution in [2.75, 3.05) is 13.1 Å². The zero-order valence-corrected chi connectivity index (χ0v) is 14.4. The summed E-state index contributed by atoms with van der Waals surface area (Å²) in [6.07, 6.45) is -2.27. The third kappa shape index (κ3) is 4.31. The fourth-order valence-corrected chi connectivity index (χ4v) is 3.98. The van der Waals surface area contributed by atoms with Crippen LogP contribution in [0, 0.1) is 0 Å². The van der Waals surface area contributed by atoms with Gasteiger partial charge < -0.3 is 4.42 Å². The predicted molar refractivity (Wildman–Crippen MR) is 87.2 cm³/mol. The molecule has 1 aromatic heterocycles. The van der Waals surface area contributed by atoms with Gasteiger partial charge in [0.1, 0.15) is 0 Å². The summed E-state index contributed by atoms with van der Waals surface area (Å²) in [5, 5.41) is 7.54. The van der Waals surface area contributed by atoms with Crippen LogP contribution in [0.25, 0.3) is 6.08 Å². The number of rotatable bonds is 4. The normalized spacial score (nSPS) is 19.9. The molecular formula is C16H16F3N3O3S. The second-order valence-corrected chi connectivity index (χ2v) is 7.72. The molecule has 1 fully saturated rings.